The first kappa shape index (κ1) is 10.4. The minimum Gasteiger partial charge on any atom is -0.373 e. The Morgan fingerprint density at radius 2 is 2.23 bits per heavy atom. The SMILES string of the molecule is CCCOCc1nc(C)cc(Cl)n1. The molecular weight excluding hydrogens is 188 g/mol. The summed E-state index contributed by atoms with van der Waals surface area (Å²) in [6, 6.07) is 1.73. The summed E-state index contributed by atoms with van der Waals surface area (Å²) in [6.07, 6.45) is 1.000. The predicted molar refractivity (Wildman–Crippen MR) is 51.7 cm³/mol. The van der Waals surface area contributed by atoms with Crippen molar-refractivity contribution < 1.29 is 4.74 Å². The molecular formula is C9H13ClN2O. The van der Waals surface area contributed by atoms with Crippen LogP contribution in [0.3, 0.4) is 0 Å². The minimum atomic E-state index is 0.440. The summed E-state index contributed by atoms with van der Waals surface area (Å²) in [7, 11) is 0. The second-order valence-corrected chi connectivity index (χ2v) is 3.19. The normalized spacial score (nSPS) is 10.4. The molecule has 3 nitrogen and oxygen atoms in total. The Morgan fingerprint density at radius 1 is 1.46 bits per heavy atom. The molecule has 0 radical (unpaired) electrons. The molecule has 0 atom stereocenters. The van der Waals surface area contributed by atoms with E-state index < -0.39 is 0 Å². The van der Waals surface area contributed by atoms with Gasteiger partial charge in [-0.15, -0.1) is 0 Å². The topological polar surface area (TPSA) is 35.0 Å². The summed E-state index contributed by atoms with van der Waals surface area (Å²) in [6.45, 7) is 5.12. The average Bonchev–Trinajstić information content (AvgIpc) is 2.03. The third-order valence-electron chi connectivity index (χ3n) is 1.45. The summed E-state index contributed by atoms with van der Waals surface area (Å²) in [4.78, 5) is 8.22. The fourth-order valence-electron chi connectivity index (χ4n) is 0.961. The first-order valence-electron chi connectivity index (χ1n) is 4.30. The maximum atomic E-state index is 5.76. The van der Waals surface area contributed by atoms with Crippen molar-refractivity contribution in [3.8, 4) is 0 Å². The number of rotatable bonds is 4. The maximum absolute atomic E-state index is 5.76. The summed E-state index contributed by atoms with van der Waals surface area (Å²) < 4.78 is 5.30. The molecule has 4 heteroatoms. The van der Waals surface area contributed by atoms with E-state index in [1.54, 1.807) is 6.07 Å². The Hall–Kier alpha value is -0.670. The van der Waals surface area contributed by atoms with Gasteiger partial charge in [0.15, 0.2) is 5.82 Å². The molecule has 1 aromatic heterocycles. The van der Waals surface area contributed by atoms with Crippen LogP contribution in [0, 0.1) is 6.92 Å². The zero-order valence-electron chi connectivity index (χ0n) is 7.88. The van der Waals surface area contributed by atoms with E-state index >= 15 is 0 Å². The Labute approximate surface area is 83.1 Å². The molecule has 0 saturated carbocycles. The number of aromatic nitrogens is 2. The Balaban J connectivity index is 2.56. The monoisotopic (exact) mass is 200 g/mol. The zero-order valence-corrected chi connectivity index (χ0v) is 8.64. The van der Waals surface area contributed by atoms with Crippen molar-refractivity contribution in [1.29, 1.82) is 0 Å². The minimum absolute atomic E-state index is 0.440. The lowest BCUT2D eigenvalue weighted by molar-refractivity contribution is 0.116. The Morgan fingerprint density at radius 3 is 2.85 bits per heavy atom. The number of halogens is 1. The van der Waals surface area contributed by atoms with Crippen LogP contribution >= 0.6 is 11.6 Å². The second kappa shape index (κ2) is 5.14. The largest absolute Gasteiger partial charge is 0.373 e. The van der Waals surface area contributed by atoms with Crippen LogP contribution in [0.25, 0.3) is 0 Å². The summed E-state index contributed by atoms with van der Waals surface area (Å²) >= 11 is 5.76. The molecule has 0 aliphatic carbocycles. The van der Waals surface area contributed by atoms with E-state index in [1.165, 1.54) is 0 Å². The van der Waals surface area contributed by atoms with Crippen molar-refractivity contribution in [2.24, 2.45) is 0 Å². The molecule has 1 rings (SSSR count). The lowest BCUT2D eigenvalue weighted by Gasteiger charge is -2.02. The molecule has 0 fully saturated rings. The standard InChI is InChI=1S/C9H13ClN2O/c1-3-4-13-6-9-11-7(2)5-8(10)12-9/h5H,3-4,6H2,1-2H3. The van der Waals surface area contributed by atoms with Crippen molar-refractivity contribution >= 4 is 11.6 Å². The number of nitrogens with zero attached hydrogens (tertiary/aromatic N) is 2. The lowest BCUT2D eigenvalue weighted by Crippen LogP contribution is -2.01. The van der Waals surface area contributed by atoms with Gasteiger partial charge in [0.05, 0.1) is 0 Å². The summed E-state index contributed by atoms with van der Waals surface area (Å²) in [5, 5.41) is 0.475. The van der Waals surface area contributed by atoms with E-state index in [9.17, 15) is 0 Å². The van der Waals surface area contributed by atoms with Crippen LogP contribution in [-0.2, 0) is 11.3 Å². The average molecular weight is 201 g/mol. The van der Waals surface area contributed by atoms with Crippen molar-refractivity contribution in [2.75, 3.05) is 6.61 Å². The number of hydrogen-bond acceptors (Lipinski definition) is 3. The molecule has 0 spiro atoms. The molecule has 13 heavy (non-hydrogen) atoms. The smallest absolute Gasteiger partial charge is 0.155 e. The molecule has 1 aromatic rings. The highest BCUT2D eigenvalue weighted by Crippen LogP contribution is 2.06. The van der Waals surface area contributed by atoms with Crippen LogP contribution in [0.2, 0.25) is 5.15 Å². The van der Waals surface area contributed by atoms with Crippen LogP contribution < -0.4 is 0 Å². The molecule has 0 N–H and O–H groups in total. The van der Waals surface area contributed by atoms with Gasteiger partial charge in [0.2, 0.25) is 0 Å². The summed E-state index contributed by atoms with van der Waals surface area (Å²) in [5.41, 5.74) is 0.870. The van der Waals surface area contributed by atoms with Gasteiger partial charge < -0.3 is 4.74 Å². The highest BCUT2D eigenvalue weighted by molar-refractivity contribution is 6.29. The van der Waals surface area contributed by atoms with E-state index in [4.69, 9.17) is 16.3 Å². The number of ether oxygens (including phenoxy) is 1. The van der Waals surface area contributed by atoms with Crippen LogP contribution in [0.4, 0.5) is 0 Å². The lowest BCUT2D eigenvalue weighted by atomic mass is 10.4. The molecule has 1 heterocycles. The van der Waals surface area contributed by atoms with Crippen molar-refractivity contribution in [1.82, 2.24) is 9.97 Å². The Bertz CT molecular complexity index is 258. The first-order chi connectivity index (χ1) is 6.22. The van der Waals surface area contributed by atoms with E-state index in [-0.39, 0.29) is 0 Å². The Kier molecular flexibility index (Phi) is 4.12. The van der Waals surface area contributed by atoms with Gasteiger partial charge in [-0.1, -0.05) is 18.5 Å². The molecule has 0 bridgehead atoms. The second-order valence-electron chi connectivity index (χ2n) is 2.80. The molecule has 0 aromatic carbocycles. The van der Waals surface area contributed by atoms with Gasteiger partial charge >= 0.3 is 0 Å². The number of hydrogen-bond donors (Lipinski definition) is 0. The van der Waals surface area contributed by atoms with E-state index in [2.05, 4.69) is 16.9 Å². The van der Waals surface area contributed by atoms with Crippen LogP contribution in [0.15, 0.2) is 6.07 Å². The third kappa shape index (κ3) is 3.70. The van der Waals surface area contributed by atoms with Gasteiger partial charge in [-0.05, 0) is 19.4 Å². The van der Waals surface area contributed by atoms with E-state index in [0.717, 1.165) is 18.7 Å². The molecule has 0 aliphatic rings. The van der Waals surface area contributed by atoms with Gasteiger partial charge in [0.1, 0.15) is 11.8 Å². The fraction of sp³-hybridized carbons (Fsp3) is 0.556. The molecule has 0 amide bonds. The van der Waals surface area contributed by atoms with Crippen molar-refractivity contribution in [3.63, 3.8) is 0 Å². The van der Waals surface area contributed by atoms with Gasteiger partial charge in [-0.25, -0.2) is 9.97 Å². The van der Waals surface area contributed by atoms with Gasteiger partial charge in [-0.3, -0.25) is 0 Å². The highest BCUT2D eigenvalue weighted by Gasteiger charge is 1.99. The van der Waals surface area contributed by atoms with E-state index in [0.29, 0.717) is 17.6 Å². The van der Waals surface area contributed by atoms with Gasteiger partial charge in [0.25, 0.3) is 0 Å². The highest BCUT2D eigenvalue weighted by atomic mass is 35.5. The van der Waals surface area contributed by atoms with E-state index in [1.807, 2.05) is 6.92 Å². The first-order valence-corrected chi connectivity index (χ1v) is 4.68. The van der Waals surface area contributed by atoms with Gasteiger partial charge in [0, 0.05) is 12.3 Å². The molecule has 72 valence electrons. The molecule has 0 aliphatic heterocycles. The maximum Gasteiger partial charge on any atom is 0.155 e. The van der Waals surface area contributed by atoms with Crippen LogP contribution in [-0.4, -0.2) is 16.6 Å². The van der Waals surface area contributed by atoms with Crippen molar-refractivity contribution in [3.05, 3.63) is 22.7 Å². The van der Waals surface area contributed by atoms with Gasteiger partial charge in [-0.2, -0.15) is 0 Å². The van der Waals surface area contributed by atoms with Crippen LogP contribution in [0.5, 0.6) is 0 Å². The van der Waals surface area contributed by atoms with Crippen LogP contribution in [0.1, 0.15) is 24.9 Å². The zero-order chi connectivity index (χ0) is 9.68. The quantitative estimate of drug-likeness (QED) is 0.553. The van der Waals surface area contributed by atoms with Crippen molar-refractivity contribution in [2.45, 2.75) is 26.9 Å². The third-order valence-corrected chi connectivity index (χ3v) is 1.64. The fourth-order valence-corrected chi connectivity index (χ4v) is 1.22. The number of aryl methyl sites for hydroxylation is 1. The summed E-state index contributed by atoms with van der Waals surface area (Å²) in [5.74, 6) is 0.651. The predicted octanol–water partition coefficient (Wildman–Crippen LogP) is 2.37. The molecule has 0 saturated heterocycles. The molecule has 0 unspecified atom stereocenters.